The molecule has 1 atom stereocenters. The number of carbonyl (C=O) groups excluding carboxylic acids is 2. The predicted molar refractivity (Wildman–Crippen MR) is 177 cm³/mol. The van der Waals surface area contributed by atoms with E-state index in [1.807, 2.05) is 48.3 Å². The summed E-state index contributed by atoms with van der Waals surface area (Å²) in [5, 5.41) is 10.00. The number of likely N-dealkylation sites (N-methyl/N-ethyl adjacent to an activating group) is 1. The number of carbonyl (C=O) groups is 2. The molecule has 234 valence electrons. The SMILES string of the molecule is CN(CC(c1ccccc1)c1ccccc1)C(=O)[C@H](CCCNC1CCCCC1)NCCNC(=O)/C=C/c1ccc(F)cc1. The summed E-state index contributed by atoms with van der Waals surface area (Å²) in [6, 6.07) is 26.9. The second-order valence-corrected chi connectivity index (χ2v) is 11.7. The Morgan fingerprint density at radius 1 is 0.864 bits per heavy atom. The lowest BCUT2D eigenvalue weighted by Crippen LogP contribution is -2.48. The van der Waals surface area contributed by atoms with Crippen molar-refractivity contribution in [3.8, 4) is 0 Å². The summed E-state index contributed by atoms with van der Waals surface area (Å²) in [5.41, 5.74) is 3.10. The Hall–Kier alpha value is -3.81. The van der Waals surface area contributed by atoms with Gasteiger partial charge in [-0.05, 0) is 67.1 Å². The number of nitrogens with one attached hydrogen (secondary N) is 3. The molecule has 44 heavy (non-hydrogen) atoms. The van der Waals surface area contributed by atoms with E-state index in [0.717, 1.165) is 18.5 Å². The van der Waals surface area contributed by atoms with Crippen molar-refractivity contribution < 1.29 is 14.0 Å². The predicted octanol–water partition coefficient (Wildman–Crippen LogP) is 5.91. The van der Waals surface area contributed by atoms with E-state index in [0.29, 0.717) is 32.1 Å². The molecule has 3 aromatic carbocycles. The van der Waals surface area contributed by atoms with Gasteiger partial charge in [-0.3, -0.25) is 9.59 Å². The van der Waals surface area contributed by atoms with Crippen LogP contribution in [0, 0.1) is 5.82 Å². The fourth-order valence-corrected chi connectivity index (χ4v) is 5.87. The molecule has 1 fully saturated rings. The molecule has 2 amide bonds. The highest BCUT2D eigenvalue weighted by atomic mass is 19.1. The minimum Gasteiger partial charge on any atom is -0.351 e. The summed E-state index contributed by atoms with van der Waals surface area (Å²) in [6.45, 7) is 2.31. The van der Waals surface area contributed by atoms with Gasteiger partial charge in [0.25, 0.3) is 0 Å². The van der Waals surface area contributed by atoms with Crippen LogP contribution in [0.2, 0.25) is 0 Å². The van der Waals surface area contributed by atoms with E-state index in [4.69, 9.17) is 0 Å². The van der Waals surface area contributed by atoms with Crippen LogP contribution >= 0.6 is 0 Å². The fourth-order valence-electron chi connectivity index (χ4n) is 5.87. The second-order valence-electron chi connectivity index (χ2n) is 11.7. The Bertz CT molecular complexity index is 1250. The number of hydrogen-bond acceptors (Lipinski definition) is 4. The Morgan fingerprint density at radius 2 is 1.50 bits per heavy atom. The molecule has 4 rings (SSSR count). The molecule has 0 radical (unpaired) electrons. The lowest BCUT2D eigenvalue weighted by Gasteiger charge is -2.29. The van der Waals surface area contributed by atoms with Crippen molar-refractivity contribution in [1.29, 1.82) is 0 Å². The van der Waals surface area contributed by atoms with E-state index >= 15 is 0 Å². The van der Waals surface area contributed by atoms with Crippen molar-refractivity contribution in [3.63, 3.8) is 0 Å². The molecule has 0 bridgehead atoms. The van der Waals surface area contributed by atoms with Gasteiger partial charge < -0.3 is 20.9 Å². The molecule has 1 aliphatic rings. The molecule has 6 nitrogen and oxygen atoms in total. The molecule has 7 heteroatoms. The van der Waals surface area contributed by atoms with Gasteiger partial charge in [0.1, 0.15) is 5.82 Å². The van der Waals surface area contributed by atoms with Gasteiger partial charge in [0.15, 0.2) is 0 Å². The first-order chi connectivity index (χ1) is 21.5. The van der Waals surface area contributed by atoms with Crippen LogP contribution in [-0.2, 0) is 9.59 Å². The van der Waals surface area contributed by atoms with Crippen molar-refractivity contribution in [2.24, 2.45) is 0 Å². The maximum absolute atomic E-state index is 13.9. The van der Waals surface area contributed by atoms with Gasteiger partial charge >= 0.3 is 0 Å². The largest absolute Gasteiger partial charge is 0.351 e. The summed E-state index contributed by atoms with van der Waals surface area (Å²) in [4.78, 5) is 28.1. The minimum atomic E-state index is -0.355. The zero-order valence-corrected chi connectivity index (χ0v) is 25.9. The zero-order chi connectivity index (χ0) is 31.0. The Kier molecular flexibility index (Phi) is 13.6. The van der Waals surface area contributed by atoms with Gasteiger partial charge in [-0.25, -0.2) is 4.39 Å². The standard InChI is InChI=1S/C37H47FN4O2/c1-42(28-34(30-12-5-2-6-13-30)31-14-7-3-8-15-31)37(44)35(18-11-25-39-33-16-9-4-10-17-33)40-26-27-41-36(43)24-21-29-19-22-32(38)23-20-29/h2-3,5-8,12-15,19-24,33-35,39-40H,4,9-11,16-18,25-28H2,1H3,(H,41,43)/b24-21+/t35-/m0/s1. The average molecular weight is 599 g/mol. The normalized spacial score (nSPS) is 14.5. The first-order valence-corrected chi connectivity index (χ1v) is 16.0. The van der Waals surface area contributed by atoms with Crippen LogP contribution < -0.4 is 16.0 Å². The molecular formula is C37H47FN4O2. The van der Waals surface area contributed by atoms with Gasteiger partial charge in [0.2, 0.25) is 11.8 Å². The third kappa shape index (κ3) is 11.0. The van der Waals surface area contributed by atoms with Crippen molar-refractivity contribution in [3.05, 3.63) is 114 Å². The molecule has 0 aliphatic heterocycles. The fraction of sp³-hybridized carbons (Fsp3) is 0.405. The molecule has 3 aromatic rings. The Balaban J connectivity index is 1.34. The van der Waals surface area contributed by atoms with E-state index in [-0.39, 0.29) is 29.6 Å². The molecular weight excluding hydrogens is 551 g/mol. The maximum Gasteiger partial charge on any atom is 0.244 e. The first kappa shape index (κ1) is 33.1. The smallest absolute Gasteiger partial charge is 0.244 e. The van der Waals surface area contributed by atoms with Crippen LogP contribution in [0.3, 0.4) is 0 Å². The Labute approximate surface area is 262 Å². The number of halogens is 1. The molecule has 0 aromatic heterocycles. The maximum atomic E-state index is 13.9. The molecule has 1 aliphatic carbocycles. The lowest BCUT2D eigenvalue weighted by atomic mass is 9.90. The topological polar surface area (TPSA) is 73.5 Å². The van der Waals surface area contributed by atoms with Crippen molar-refractivity contribution in [2.45, 2.75) is 62.9 Å². The Morgan fingerprint density at radius 3 is 2.14 bits per heavy atom. The van der Waals surface area contributed by atoms with Crippen molar-refractivity contribution in [1.82, 2.24) is 20.9 Å². The number of amides is 2. The highest BCUT2D eigenvalue weighted by molar-refractivity contribution is 5.91. The number of hydrogen-bond donors (Lipinski definition) is 3. The first-order valence-electron chi connectivity index (χ1n) is 16.0. The lowest BCUT2D eigenvalue weighted by molar-refractivity contribution is -0.132. The van der Waals surface area contributed by atoms with Crippen molar-refractivity contribution in [2.75, 3.05) is 33.2 Å². The van der Waals surface area contributed by atoms with Gasteiger partial charge in [0.05, 0.1) is 6.04 Å². The minimum absolute atomic E-state index is 0.0575. The van der Waals surface area contributed by atoms with E-state index in [2.05, 4.69) is 40.2 Å². The summed E-state index contributed by atoms with van der Waals surface area (Å²) in [6.07, 6.45) is 11.1. The van der Waals surface area contributed by atoms with Crippen LogP contribution in [0.5, 0.6) is 0 Å². The zero-order valence-electron chi connectivity index (χ0n) is 25.9. The molecule has 0 unspecified atom stereocenters. The van der Waals surface area contributed by atoms with E-state index in [1.165, 1.54) is 61.4 Å². The van der Waals surface area contributed by atoms with Crippen LogP contribution in [0.1, 0.15) is 67.6 Å². The van der Waals surface area contributed by atoms with Crippen LogP contribution in [-0.4, -0.2) is 62.0 Å². The number of nitrogens with zero attached hydrogens (tertiary/aromatic N) is 1. The summed E-state index contributed by atoms with van der Waals surface area (Å²) in [5.74, 6) is -0.427. The monoisotopic (exact) mass is 598 g/mol. The van der Waals surface area contributed by atoms with E-state index in [9.17, 15) is 14.0 Å². The highest BCUT2D eigenvalue weighted by Crippen LogP contribution is 2.25. The van der Waals surface area contributed by atoms with Gasteiger partial charge in [0, 0.05) is 44.7 Å². The quantitative estimate of drug-likeness (QED) is 0.142. The summed E-state index contributed by atoms with van der Waals surface area (Å²) >= 11 is 0. The van der Waals surface area contributed by atoms with Crippen LogP contribution in [0.25, 0.3) is 6.08 Å². The molecule has 0 spiro atoms. The number of benzene rings is 3. The summed E-state index contributed by atoms with van der Waals surface area (Å²) in [7, 11) is 1.89. The molecule has 0 heterocycles. The average Bonchev–Trinajstić information content (AvgIpc) is 3.07. The van der Waals surface area contributed by atoms with Crippen molar-refractivity contribution >= 4 is 17.9 Å². The van der Waals surface area contributed by atoms with Gasteiger partial charge in [-0.1, -0.05) is 92.1 Å². The molecule has 0 saturated heterocycles. The molecule has 1 saturated carbocycles. The van der Waals surface area contributed by atoms with Gasteiger partial charge in [-0.15, -0.1) is 0 Å². The van der Waals surface area contributed by atoms with Crippen LogP contribution in [0.4, 0.5) is 4.39 Å². The third-order valence-electron chi connectivity index (χ3n) is 8.35. The number of rotatable bonds is 16. The van der Waals surface area contributed by atoms with Gasteiger partial charge in [-0.2, -0.15) is 0 Å². The highest BCUT2D eigenvalue weighted by Gasteiger charge is 2.25. The summed E-state index contributed by atoms with van der Waals surface area (Å²) < 4.78 is 13.1. The second kappa shape index (κ2) is 18.1. The van der Waals surface area contributed by atoms with E-state index < -0.39 is 0 Å². The van der Waals surface area contributed by atoms with E-state index in [1.54, 1.807) is 18.2 Å². The molecule has 3 N–H and O–H groups in total. The van der Waals surface area contributed by atoms with Crippen LogP contribution in [0.15, 0.2) is 91.0 Å². The third-order valence-corrected chi connectivity index (χ3v) is 8.35.